The molecule has 5 rings (SSSR count). The van der Waals surface area contributed by atoms with Gasteiger partial charge in [-0.1, -0.05) is 48.4 Å². The predicted octanol–water partition coefficient (Wildman–Crippen LogP) is 5.13. The first-order chi connectivity index (χ1) is 16.0. The number of para-hydroxylation sites is 1. The molecule has 0 unspecified atom stereocenters. The Morgan fingerprint density at radius 2 is 1.70 bits per heavy atom. The van der Waals surface area contributed by atoms with Gasteiger partial charge in [-0.15, -0.1) is 0 Å². The molecule has 1 atom stereocenters. The van der Waals surface area contributed by atoms with E-state index in [9.17, 15) is 4.79 Å². The first-order valence-corrected chi connectivity index (χ1v) is 13.0. The molecular weight excluding hydrogens is 430 g/mol. The van der Waals surface area contributed by atoms with Crippen LogP contribution in [-0.2, 0) is 10.2 Å². The van der Waals surface area contributed by atoms with E-state index in [1.54, 1.807) is 0 Å². The van der Waals surface area contributed by atoms with E-state index >= 15 is 0 Å². The largest absolute Gasteiger partial charge is 0.369 e. The predicted molar refractivity (Wildman–Crippen MR) is 136 cm³/mol. The molecule has 3 aliphatic rings. The van der Waals surface area contributed by atoms with Crippen LogP contribution in [0.1, 0.15) is 43.2 Å². The Balaban J connectivity index is 1.18. The number of amides is 1. The monoisotopic (exact) mass is 465 g/mol. The van der Waals surface area contributed by atoms with Crippen LogP contribution in [0, 0.1) is 12.8 Å². The van der Waals surface area contributed by atoms with Gasteiger partial charge in [0.15, 0.2) is 0 Å². The molecule has 2 aromatic rings. The number of nitrogens with zero attached hydrogens (tertiary/aromatic N) is 3. The van der Waals surface area contributed by atoms with Crippen molar-refractivity contribution in [2.75, 3.05) is 50.7 Å². The van der Waals surface area contributed by atoms with Crippen LogP contribution in [0.3, 0.4) is 0 Å². The smallest absolute Gasteiger partial charge is 0.233 e. The summed E-state index contributed by atoms with van der Waals surface area (Å²) in [6.45, 7) is 9.51. The minimum Gasteiger partial charge on any atom is -0.369 e. The van der Waals surface area contributed by atoms with E-state index in [-0.39, 0.29) is 5.41 Å². The SMILES string of the molecule is Cc1ccccc1N1CCN(C[C@@H]2CCCN(C(=O)C3(c4ccc(Cl)cc4)CCC3)C2)CC1. The number of anilines is 1. The number of piperidine rings is 1. The van der Waals surface area contributed by atoms with Crippen LogP contribution < -0.4 is 4.90 Å². The van der Waals surface area contributed by atoms with Crippen molar-refractivity contribution < 1.29 is 4.79 Å². The van der Waals surface area contributed by atoms with Crippen LogP contribution in [-0.4, -0.2) is 61.5 Å². The van der Waals surface area contributed by atoms with Crippen LogP contribution in [0.15, 0.2) is 48.5 Å². The van der Waals surface area contributed by atoms with E-state index in [1.807, 2.05) is 12.1 Å². The number of piperazine rings is 1. The third-order valence-electron chi connectivity index (χ3n) is 8.16. The Kier molecular flexibility index (Phi) is 6.67. The van der Waals surface area contributed by atoms with Crippen molar-refractivity contribution >= 4 is 23.2 Å². The van der Waals surface area contributed by atoms with Crippen molar-refractivity contribution in [2.24, 2.45) is 5.92 Å². The lowest BCUT2D eigenvalue weighted by molar-refractivity contribution is -0.143. The topological polar surface area (TPSA) is 26.8 Å². The fourth-order valence-electron chi connectivity index (χ4n) is 6.08. The summed E-state index contributed by atoms with van der Waals surface area (Å²) in [4.78, 5) is 21.1. The van der Waals surface area contributed by atoms with Gasteiger partial charge in [0.1, 0.15) is 0 Å². The fourth-order valence-corrected chi connectivity index (χ4v) is 6.21. The van der Waals surface area contributed by atoms with E-state index < -0.39 is 0 Å². The van der Waals surface area contributed by atoms with Gasteiger partial charge in [-0.05, 0) is 67.9 Å². The number of carbonyl (C=O) groups excluding carboxylic acids is 1. The molecule has 1 saturated carbocycles. The lowest BCUT2D eigenvalue weighted by atomic mass is 9.63. The van der Waals surface area contributed by atoms with Gasteiger partial charge in [0.05, 0.1) is 5.41 Å². The molecule has 1 aliphatic carbocycles. The van der Waals surface area contributed by atoms with Crippen LogP contribution >= 0.6 is 11.6 Å². The lowest BCUT2D eigenvalue weighted by Crippen LogP contribution is -2.55. The summed E-state index contributed by atoms with van der Waals surface area (Å²) in [7, 11) is 0. The summed E-state index contributed by atoms with van der Waals surface area (Å²) in [6.07, 6.45) is 5.42. The van der Waals surface area contributed by atoms with Gasteiger partial charge < -0.3 is 9.80 Å². The summed E-state index contributed by atoms with van der Waals surface area (Å²) >= 11 is 6.11. The number of hydrogen-bond donors (Lipinski definition) is 0. The van der Waals surface area contributed by atoms with Crippen LogP contribution in [0.25, 0.3) is 0 Å². The van der Waals surface area contributed by atoms with Crippen LogP contribution in [0.4, 0.5) is 5.69 Å². The van der Waals surface area contributed by atoms with Gasteiger partial charge >= 0.3 is 0 Å². The molecule has 33 heavy (non-hydrogen) atoms. The molecule has 0 bridgehead atoms. The molecule has 3 fully saturated rings. The first kappa shape index (κ1) is 22.7. The van der Waals surface area contributed by atoms with E-state index in [0.717, 1.165) is 82.1 Å². The third-order valence-corrected chi connectivity index (χ3v) is 8.42. The normalized spacial score (nSPS) is 23.3. The van der Waals surface area contributed by atoms with Crippen molar-refractivity contribution in [2.45, 2.75) is 44.4 Å². The molecule has 4 nitrogen and oxygen atoms in total. The maximum absolute atomic E-state index is 13.7. The quantitative estimate of drug-likeness (QED) is 0.612. The number of benzene rings is 2. The second kappa shape index (κ2) is 9.68. The van der Waals surface area contributed by atoms with E-state index in [4.69, 9.17) is 11.6 Å². The molecule has 0 aromatic heterocycles. The molecular formula is C28H36ClN3O. The number of halogens is 1. The zero-order valence-electron chi connectivity index (χ0n) is 19.8. The standard InChI is InChI=1S/C28H36ClN3O/c1-22-6-2-3-8-26(22)31-18-16-30(17-19-31)20-23-7-4-15-32(21-23)27(33)28(13-5-14-28)24-9-11-25(29)12-10-24/h2-3,6,8-12,23H,4-5,7,13-21H2,1H3/t23-/m0/s1. The minimum absolute atomic E-state index is 0.314. The first-order valence-electron chi connectivity index (χ1n) is 12.6. The summed E-state index contributed by atoms with van der Waals surface area (Å²) in [5.41, 5.74) is 3.57. The van der Waals surface area contributed by atoms with Crippen molar-refractivity contribution in [3.05, 3.63) is 64.7 Å². The summed E-state index contributed by atoms with van der Waals surface area (Å²) in [5.74, 6) is 0.931. The van der Waals surface area contributed by atoms with Crippen LogP contribution in [0.5, 0.6) is 0 Å². The molecule has 1 amide bonds. The maximum atomic E-state index is 13.7. The molecule has 2 saturated heterocycles. The summed E-state index contributed by atoms with van der Waals surface area (Å²) in [5, 5.41) is 0.737. The summed E-state index contributed by atoms with van der Waals surface area (Å²) in [6, 6.07) is 16.7. The summed E-state index contributed by atoms with van der Waals surface area (Å²) < 4.78 is 0. The Hall–Kier alpha value is -2.04. The Bertz CT molecular complexity index is 963. The Labute approximate surface area is 203 Å². The molecule has 2 aliphatic heterocycles. The van der Waals surface area contributed by atoms with E-state index in [2.05, 4.69) is 58.0 Å². The average Bonchev–Trinajstić information content (AvgIpc) is 2.81. The van der Waals surface area contributed by atoms with Gasteiger partial charge in [0.2, 0.25) is 5.91 Å². The van der Waals surface area contributed by atoms with Crippen LogP contribution in [0.2, 0.25) is 5.02 Å². The van der Waals surface area contributed by atoms with Gasteiger partial charge in [0, 0.05) is 56.5 Å². The number of rotatable bonds is 5. The number of carbonyl (C=O) groups is 1. The Morgan fingerprint density at radius 3 is 2.36 bits per heavy atom. The molecule has 2 aromatic carbocycles. The molecule has 5 heteroatoms. The highest BCUT2D eigenvalue weighted by molar-refractivity contribution is 6.30. The van der Waals surface area contributed by atoms with E-state index in [0.29, 0.717) is 11.8 Å². The number of likely N-dealkylation sites (tertiary alicyclic amines) is 1. The number of hydrogen-bond acceptors (Lipinski definition) is 3. The fraction of sp³-hybridized carbons (Fsp3) is 0.536. The van der Waals surface area contributed by atoms with Crippen molar-refractivity contribution in [3.8, 4) is 0 Å². The highest BCUT2D eigenvalue weighted by Crippen LogP contribution is 2.46. The minimum atomic E-state index is -0.314. The molecule has 2 heterocycles. The van der Waals surface area contributed by atoms with Gasteiger partial charge in [-0.25, -0.2) is 0 Å². The zero-order valence-corrected chi connectivity index (χ0v) is 20.6. The molecule has 176 valence electrons. The average molecular weight is 466 g/mol. The second-order valence-electron chi connectivity index (χ2n) is 10.3. The molecule has 0 spiro atoms. The van der Waals surface area contributed by atoms with Gasteiger partial charge in [-0.2, -0.15) is 0 Å². The van der Waals surface area contributed by atoms with Gasteiger partial charge in [0.25, 0.3) is 0 Å². The lowest BCUT2D eigenvalue weighted by Gasteiger charge is -2.46. The maximum Gasteiger partial charge on any atom is 0.233 e. The second-order valence-corrected chi connectivity index (χ2v) is 10.7. The van der Waals surface area contributed by atoms with Crippen molar-refractivity contribution in [1.82, 2.24) is 9.80 Å². The highest BCUT2D eigenvalue weighted by Gasteiger charge is 2.48. The van der Waals surface area contributed by atoms with Gasteiger partial charge in [-0.3, -0.25) is 9.69 Å². The van der Waals surface area contributed by atoms with E-state index in [1.165, 1.54) is 17.7 Å². The van der Waals surface area contributed by atoms with Crippen molar-refractivity contribution in [1.29, 1.82) is 0 Å². The Morgan fingerprint density at radius 1 is 0.970 bits per heavy atom. The molecule has 0 radical (unpaired) electrons. The third kappa shape index (κ3) is 4.65. The molecule has 0 N–H and O–H groups in total. The highest BCUT2D eigenvalue weighted by atomic mass is 35.5. The number of aryl methyl sites for hydroxylation is 1. The van der Waals surface area contributed by atoms with Crippen molar-refractivity contribution in [3.63, 3.8) is 0 Å². The zero-order chi connectivity index (χ0) is 22.8.